The number of morpholine rings is 1. The molecule has 0 amide bonds. The molecule has 3 heterocycles. The van der Waals surface area contributed by atoms with Crippen LogP contribution in [0.5, 0.6) is 0 Å². The maximum atomic E-state index is 5.96. The number of benzene rings is 1. The van der Waals surface area contributed by atoms with Crippen LogP contribution in [0.1, 0.15) is 24.4 Å². The van der Waals surface area contributed by atoms with Crippen LogP contribution in [-0.4, -0.2) is 53.0 Å². The van der Waals surface area contributed by atoms with Gasteiger partial charge < -0.3 is 9.47 Å². The lowest BCUT2D eigenvalue weighted by Gasteiger charge is -2.35. The monoisotopic (exact) mass is 327 g/mol. The molecule has 2 aliphatic heterocycles. The normalized spacial score (nSPS) is 25.2. The smallest absolute Gasteiger partial charge is 0.110 e. The lowest BCUT2D eigenvalue weighted by Crippen LogP contribution is -2.47. The van der Waals surface area contributed by atoms with E-state index >= 15 is 0 Å². The zero-order chi connectivity index (χ0) is 16.4. The number of hydrogen-bond acceptors (Lipinski definition) is 4. The van der Waals surface area contributed by atoms with Crippen molar-refractivity contribution in [2.24, 2.45) is 0 Å². The molecule has 0 unspecified atom stereocenters. The summed E-state index contributed by atoms with van der Waals surface area (Å²) in [6.45, 7) is 6.51. The van der Waals surface area contributed by atoms with Crippen molar-refractivity contribution in [3.05, 3.63) is 48.0 Å². The number of aromatic nitrogens is 2. The first-order chi connectivity index (χ1) is 11.8. The third-order valence-corrected chi connectivity index (χ3v) is 4.97. The molecule has 24 heavy (non-hydrogen) atoms. The highest BCUT2D eigenvalue weighted by atomic mass is 16.5. The van der Waals surface area contributed by atoms with Crippen molar-refractivity contribution in [2.75, 3.05) is 26.3 Å². The summed E-state index contributed by atoms with van der Waals surface area (Å²) < 4.78 is 14.0. The van der Waals surface area contributed by atoms with Gasteiger partial charge in [0.25, 0.3) is 0 Å². The number of ether oxygens (including phenoxy) is 2. The van der Waals surface area contributed by atoms with E-state index in [0.29, 0.717) is 0 Å². The van der Waals surface area contributed by atoms with Gasteiger partial charge in [0.2, 0.25) is 0 Å². The summed E-state index contributed by atoms with van der Waals surface area (Å²) in [4.78, 5) is 7.00. The lowest BCUT2D eigenvalue weighted by atomic mass is 10.1. The highest BCUT2D eigenvalue weighted by Crippen LogP contribution is 2.23. The summed E-state index contributed by atoms with van der Waals surface area (Å²) in [5, 5.41) is 0. The molecule has 2 fully saturated rings. The Morgan fingerprint density at radius 3 is 2.75 bits per heavy atom. The van der Waals surface area contributed by atoms with Crippen molar-refractivity contribution < 1.29 is 9.47 Å². The zero-order valence-corrected chi connectivity index (χ0v) is 14.2. The van der Waals surface area contributed by atoms with E-state index in [1.807, 2.05) is 12.3 Å². The van der Waals surface area contributed by atoms with Gasteiger partial charge in [0.15, 0.2) is 0 Å². The third-order valence-electron chi connectivity index (χ3n) is 4.97. The second kappa shape index (κ2) is 7.05. The number of hydrogen-bond donors (Lipinski definition) is 0. The molecule has 2 atom stereocenters. The third kappa shape index (κ3) is 3.24. The van der Waals surface area contributed by atoms with E-state index in [1.54, 1.807) is 0 Å². The maximum absolute atomic E-state index is 5.96. The number of rotatable bonds is 4. The van der Waals surface area contributed by atoms with Gasteiger partial charge in [-0.3, -0.25) is 9.47 Å². The van der Waals surface area contributed by atoms with Crippen LogP contribution in [-0.2, 0) is 16.0 Å². The molecule has 0 spiro atoms. The number of imidazole rings is 1. The fourth-order valence-electron chi connectivity index (χ4n) is 3.76. The molecule has 0 bridgehead atoms. The molecule has 2 aliphatic rings. The summed E-state index contributed by atoms with van der Waals surface area (Å²) in [6, 6.07) is 10.4. The zero-order valence-electron chi connectivity index (χ0n) is 14.2. The molecule has 5 nitrogen and oxygen atoms in total. The van der Waals surface area contributed by atoms with E-state index in [9.17, 15) is 0 Å². The SMILES string of the molecule is Cc1ncc(CN2CCO[C@H]([C@H]3CCCO3)C2)n1-c1ccccc1. The van der Waals surface area contributed by atoms with Crippen molar-refractivity contribution in [3.63, 3.8) is 0 Å². The van der Waals surface area contributed by atoms with Gasteiger partial charge in [0.1, 0.15) is 5.82 Å². The Hall–Kier alpha value is -1.69. The number of aryl methyl sites for hydroxylation is 1. The fourth-order valence-corrected chi connectivity index (χ4v) is 3.76. The topological polar surface area (TPSA) is 39.5 Å². The molecular weight excluding hydrogens is 302 g/mol. The highest BCUT2D eigenvalue weighted by molar-refractivity contribution is 5.35. The van der Waals surface area contributed by atoms with Crippen molar-refractivity contribution in [1.29, 1.82) is 0 Å². The summed E-state index contributed by atoms with van der Waals surface area (Å²) in [5.74, 6) is 1.03. The van der Waals surface area contributed by atoms with Crippen LogP contribution >= 0.6 is 0 Å². The molecule has 2 aromatic rings. The van der Waals surface area contributed by atoms with E-state index in [4.69, 9.17) is 9.47 Å². The first-order valence-electron chi connectivity index (χ1n) is 8.85. The second-order valence-corrected chi connectivity index (χ2v) is 6.66. The summed E-state index contributed by atoms with van der Waals surface area (Å²) >= 11 is 0. The molecule has 5 heteroatoms. The Balaban J connectivity index is 1.49. The average molecular weight is 327 g/mol. The Bertz CT molecular complexity index is 665. The van der Waals surface area contributed by atoms with Crippen LogP contribution in [0.4, 0.5) is 0 Å². The van der Waals surface area contributed by atoms with E-state index < -0.39 is 0 Å². The van der Waals surface area contributed by atoms with Gasteiger partial charge in [0.05, 0.1) is 30.7 Å². The van der Waals surface area contributed by atoms with E-state index in [0.717, 1.165) is 51.5 Å². The van der Waals surface area contributed by atoms with Crippen LogP contribution in [0, 0.1) is 6.92 Å². The maximum Gasteiger partial charge on any atom is 0.110 e. The number of para-hydroxylation sites is 1. The van der Waals surface area contributed by atoms with Gasteiger partial charge in [-0.25, -0.2) is 4.98 Å². The molecule has 4 rings (SSSR count). The highest BCUT2D eigenvalue weighted by Gasteiger charge is 2.31. The van der Waals surface area contributed by atoms with Crippen LogP contribution in [0.15, 0.2) is 36.5 Å². The molecule has 0 radical (unpaired) electrons. The first-order valence-corrected chi connectivity index (χ1v) is 8.85. The van der Waals surface area contributed by atoms with Gasteiger partial charge >= 0.3 is 0 Å². The lowest BCUT2D eigenvalue weighted by molar-refractivity contribution is -0.0962. The molecule has 0 N–H and O–H groups in total. The van der Waals surface area contributed by atoms with Gasteiger partial charge in [-0.2, -0.15) is 0 Å². The van der Waals surface area contributed by atoms with E-state index in [1.165, 1.54) is 11.4 Å². The van der Waals surface area contributed by atoms with Crippen molar-refractivity contribution >= 4 is 0 Å². The predicted octanol–water partition coefficient (Wildman–Crippen LogP) is 2.56. The van der Waals surface area contributed by atoms with Crippen molar-refractivity contribution in [2.45, 2.75) is 38.5 Å². The Labute approximate surface area is 143 Å². The van der Waals surface area contributed by atoms with Gasteiger partial charge in [-0.1, -0.05) is 18.2 Å². The summed E-state index contributed by atoms with van der Waals surface area (Å²) in [7, 11) is 0. The second-order valence-electron chi connectivity index (χ2n) is 6.66. The molecule has 0 saturated carbocycles. The number of nitrogens with zero attached hydrogens (tertiary/aromatic N) is 3. The van der Waals surface area contributed by atoms with Gasteiger partial charge in [0, 0.05) is 31.9 Å². The molecular formula is C19H25N3O2. The van der Waals surface area contributed by atoms with E-state index in [2.05, 4.69) is 45.6 Å². The van der Waals surface area contributed by atoms with Crippen LogP contribution < -0.4 is 0 Å². The quantitative estimate of drug-likeness (QED) is 0.865. The largest absolute Gasteiger partial charge is 0.375 e. The first kappa shape index (κ1) is 15.8. The summed E-state index contributed by atoms with van der Waals surface area (Å²) in [6.07, 6.45) is 4.76. The predicted molar refractivity (Wildman–Crippen MR) is 92.3 cm³/mol. The van der Waals surface area contributed by atoms with Gasteiger partial charge in [-0.05, 0) is 31.9 Å². The minimum atomic E-state index is 0.204. The Kier molecular flexibility index (Phi) is 4.65. The Morgan fingerprint density at radius 1 is 1.12 bits per heavy atom. The fraction of sp³-hybridized carbons (Fsp3) is 0.526. The summed E-state index contributed by atoms with van der Waals surface area (Å²) in [5.41, 5.74) is 2.40. The van der Waals surface area contributed by atoms with Crippen molar-refractivity contribution in [3.8, 4) is 5.69 Å². The minimum absolute atomic E-state index is 0.204. The van der Waals surface area contributed by atoms with Crippen molar-refractivity contribution in [1.82, 2.24) is 14.5 Å². The standard InChI is InChI=1S/C19H25N3O2/c1-15-20-12-17(22(15)16-6-3-2-4-7-16)13-21-9-11-24-19(14-21)18-8-5-10-23-18/h2-4,6-7,12,18-19H,5,8-11,13-14H2,1H3/t18-,19+/m1/s1. The molecule has 1 aromatic heterocycles. The molecule has 128 valence electrons. The molecule has 0 aliphatic carbocycles. The van der Waals surface area contributed by atoms with E-state index in [-0.39, 0.29) is 12.2 Å². The van der Waals surface area contributed by atoms with Gasteiger partial charge in [-0.15, -0.1) is 0 Å². The molecule has 1 aromatic carbocycles. The van der Waals surface area contributed by atoms with Crippen LogP contribution in [0.3, 0.4) is 0 Å². The average Bonchev–Trinajstić information content (AvgIpc) is 3.26. The minimum Gasteiger partial charge on any atom is -0.375 e. The molecule has 2 saturated heterocycles. The van der Waals surface area contributed by atoms with Crippen LogP contribution in [0.2, 0.25) is 0 Å². The Morgan fingerprint density at radius 2 is 1.96 bits per heavy atom. The van der Waals surface area contributed by atoms with Crippen LogP contribution in [0.25, 0.3) is 5.69 Å².